The summed E-state index contributed by atoms with van der Waals surface area (Å²) < 4.78 is 0. The van der Waals surface area contributed by atoms with Crippen LogP contribution in [-0.2, 0) is 35.2 Å². The van der Waals surface area contributed by atoms with Crippen LogP contribution in [-0.4, -0.2) is 116 Å². The van der Waals surface area contributed by atoms with Crippen LogP contribution in [0.5, 0.6) is 0 Å². The number of fused-ring (bicyclic) bond motifs is 1. The number of likely N-dealkylation sites (tertiary alicyclic amines) is 1. The van der Waals surface area contributed by atoms with Gasteiger partial charge in [0, 0.05) is 23.6 Å². The highest BCUT2D eigenvalue weighted by Gasteiger charge is 2.41. The number of hydrogen-bond donors (Lipinski definition) is 9. The van der Waals surface area contributed by atoms with Crippen molar-refractivity contribution in [1.82, 2.24) is 31.2 Å². The average molecular weight is 674 g/mol. The molecule has 1 aliphatic heterocycles. The third-order valence-electron chi connectivity index (χ3n) is 8.37. The summed E-state index contributed by atoms with van der Waals surface area (Å²) in [6.07, 6.45) is -0.158. The smallest absolute Gasteiger partial charge is 0.325 e. The lowest BCUT2D eigenvalue weighted by molar-refractivity contribution is -0.145. The fraction of sp³-hybridized carbons (Fsp3) is 0.562. The minimum absolute atomic E-state index is 0.158. The molecule has 48 heavy (non-hydrogen) atoms. The number of nitrogens with zero attached hydrogens (tertiary/aromatic N) is 1. The molecule has 1 aromatic carbocycles. The first-order valence-electron chi connectivity index (χ1n) is 15.9. The number of rotatable bonds is 15. The fourth-order valence-corrected chi connectivity index (χ4v) is 5.55. The van der Waals surface area contributed by atoms with Crippen LogP contribution in [0.15, 0.2) is 30.5 Å². The van der Waals surface area contributed by atoms with Gasteiger partial charge >= 0.3 is 5.97 Å². The van der Waals surface area contributed by atoms with E-state index in [4.69, 9.17) is 10.8 Å². The van der Waals surface area contributed by atoms with Crippen molar-refractivity contribution in [2.75, 3.05) is 6.54 Å². The van der Waals surface area contributed by atoms with E-state index in [0.717, 1.165) is 16.5 Å². The van der Waals surface area contributed by atoms with Gasteiger partial charge in [0.15, 0.2) is 0 Å². The first-order valence-corrected chi connectivity index (χ1v) is 15.9. The number of carboxylic acid groups (broad SMARTS) is 1. The first-order chi connectivity index (χ1) is 22.5. The van der Waals surface area contributed by atoms with Gasteiger partial charge in [0.2, 0.25) is 29.5 Å². The standard InChI is InChI=1S/C32H47N7O9/c1-15(2)24(31(46)39-12-8-11-23(39)28(43)38-25(17(4)40)29(44)35-16(3)32(47)48)36-30(45)26(18(5)41)37-27(42)21(33)13-19-14-34-22-10-7-6-9-20(19)22/h6-7,9-10,14-18,21,23-26,34,40-41H,8,11-13,33H2,1-5H3,(H,35,44)(H,36,45)(H,37,42)(H,38,43)(H,47,48)/t16-,17+,18+,21-,23-,24-,25-,26-/m0/s1. The molecule has 1 aromatic heterocycles. The maximum absolute atomic E-state index is 13.8. The Morgan fingerprint density at radius 1 is 0.875 bits per heavy atom. The maximum Gasteiger partial charge on any atom is 0.325 e. The molecule has 2 heterocycles. The number of aliphatic carboxylic acids is 1. The Balaban J connectivity index is 1.69. The lowest BCUT2D eigenvalue weighted by Gasteiger charge is -2.33. The van der Waals surface area contributed by atoms with Crippen molar-refractivity contribution in [3.8, 4) is 0 Å². The lowest BCUT2D eigenvalue weighted by atomic mass is 10.0. The van der Waals surface area contributed by atoms with Crippen molar-refractivity contribution in [2.45, 2.75) is 102 Å². The highest BCUT2D eigenvalue weighted by Crippen LogP contribution is 2.22. The van der Waals surface area contributed by atoms with E-state index in [1.165, 1.54) is 25.7 Å². The van der Waals surface area contributed by atoms with Gasteiger partial charge in [-0.15, -0.1) is 0 Å². The molecule has 0 unspecified atom stereocenters. The third-order valence-corrected chi connectivity index (χ3v) is 8.37. The average Bonchev–Trinajstić information content (AvgIpc) is 3.68. The molecule has 3 rings (SSSR count). The summed E-state index contributed by atoms with van der Waals surface area (Å²) >= 11 is 0. The highest BCUT2D eigenvalue weighted by atomic mass is 16.4. The number of carboxylic acids is 1. The normalized spacial score (nSPS) is 19.0. The van der Waals surface area contributed by atoms with Gasteiger partial charge < -0.3 is 52.2 Å². The number of aliphatic hydroxyl groups is 2. The zero-order chi connectivity index (χ0) is 35.9. The molecule has 0 spiro atoms. The van der Waals surface area contributed by atoms with Crippen LogP contribution < -0.4 is 27.0 Å². The predicted molar refractivity (Wildman–Crippen MR) is 174 cm³/mol. The molecule has 0 radical (unpaired) electrons. The molecular formula is C32H47N7O9. The number of benzene rings is 1. The lowest BCUT2D eigenvalue weighted by Crippen LogP contribution is -2.62. The molecule has 10 N–H and O–H groups in total. The number of hydrogen-bond acceptors (Lipinski definition) is 9. The van der Waals surface area contributed by atoms with E-state index in [0.29, 0.717) is 6.42 Å². The van der Waals surface area contributed by atoms with Crippen molar-refractivity contribution in [1.29, 1.82) is 0 Å². The van der Waals surface area contributed by atoms with Gasteiger partial charge in [-0.25, -0.2) is 0 Å². The zero-order valence-electron chi connectivity index (χ0n) is 27.7. The summed E-state index contributed by atoms with van der Waals surface area (Å²) in [6.45, 7) is 7.32. The number of H-pyrrole nitrogens is 1. The number of para-hydroxylation sites is 1. The summed E-state index contributed by atoms with van der Waals surface area (Å²) in [6, 6.07) is 0.0390. The van der Waals surface area contributed by atoms with Crippen LogP contribution in [0.1, 0.15) is 53.0 Å². The van der Waals surface area contributed by atoms with E-state index in [1.807, 2.05) is 24.3 Å². The van der Waals surface area contributed by atoms with Crippen molar-refractivity contribution in [2.24, 2.45) is 11.7 Å². The Hall–Kier alpha value is -4.54. The van der Waals surface area contributed by atoms with E-state index in [-0.39, 0.29) is 19.4 Å². The SMILES string of the molecule is CC(C)[C@H](NC(=O)[C@@H](NC(=O)[C@@H](N)Cc1c[nH]c2ccccc12)[C@@H](C)O)C(=O)N1CCC[C@H]1C(=O)N[C@H](C(=O)N[C@@H](C)C(=O)O)[C@@H](C)O. The van der Waals surface area contributed by atoms with Crippen LogP contribution in [0.4, 0.5) is 0 Å². The number of nitrogens with two attached hydrogens (primary N) is 1. The number of nitrogens with one attached hydrogen (secondary N) is 5. The van der Waals surface area contributed by atoms with Gasteiger partial charge in [-0.3, -0.25) is 28.8 Å². The molecule has 0 bridgehead atoms. The second kappa shape index (κ2) is 16.5. The molecule has 1 aliphatic rings. The van der Waals surface area contributed by atoms with Gasteiger partial charge in [-0.2, -0.15) is 0 Å². The van der Waals surface area contributed by atoms with E-state index in [2.05, 4.69) is 26.3 Å². The summed E-state index contributed by atoms with van der Waals surface area (Å²) in [5.74, 6) is -5.54. The van der Waals surface area contributed by atoms with Crippen molar-refractivity contribution in [3.63, 3.8) is 0 Å². The van der Waals surface area contributed by atoms with E-state index in [1.54, 1.807) is 20.0 Å². The van der Waals surface area contributed by atoms with Gasteiger partial charge in [0.1, 0.15) is 30.2 Å². The molecule has 264 valence electrons. The van der Waals surface area contributed by atoms with Crippen molar-refractivity contribution >= 4 is 46.4 Å². The number of aliphatic hydroxyl groups excluding tert-OH is 2. The van der Waals surface area contributed by atoms with Gasteiger partial charge in [0.25, 0.3) is 0 Å². The molecule has 16 heteroatoms. The van der Waals surface area contributed by atoms with E-state index >= 15 is 0 Å². The molecule has 2 aromatic rings. The molecule has 5 amide bonds. The Morgan fingerprint density at radius 2 is 1.46 bits per heavy atom. The van der Waals surface area contributed by atoms with Crippen LogP contribution in [0.3, 0.4) is 0 Å². The Kier molecular flexibility index (Phi) is 13.1. The van der Waals surface area contributed by atoms with Gasteiger partial charge in [0.05, 0.1) is 18.2 Å². The van der Waals surface area contributed by atoms with Gasteiger partial charge in [-0.1, -0.05) is 32.0 Å². The number of amides is 5. The monoisotopic (exact) mass is 673 g/mol. The van der Waals surface area contributed by atoms with E-state index in [9.17, 15) is 39.0 Å². The van der Waals surface area contributed by atoms with E-state index < -0.39 is 89.9 Å². The maximum atomic E-state index is 13.8. The van der Waals surface area contributed by atoms with Crippen LogP contribution in [0.25, 0.3) is 10.9 Å². The summed E-state index contributed by atoms with van der Waals surface area (Å²) in [5.41, 5.74) is 7.85. The Bertz CT molecular complexity index is 1490. The topological polar surface area (TPSA) is 256 Å². The summed E-state index contributed by atoms with van der Waals surface area (Å²) in [7, 11) is 0. The summed E-state index contributed by atoms with van der Waals surface area (Å²) in [5, 5.41) is 40.3. The molecule has 0 aliphatic carbocycles. The number of carbonyl (C=O) groups excluding carboxylic acids is 5. The van der Waals surface area contributed by atoms with Crippen LogP contribution >= 0.6 is 0 Å². The predicted octanol–water partition coefficient (Wildman–Crippen LogP) is -1.51. The molecular weight excluding hydrogens is 626 g/mol. The third kappa shape index (κ3) is 9.29. The van der Waals surface area contributed by atoms with Crippen LogP contribution in [0, 0.1) is 5.92 Å². The van der Waals surface area contributed by atoms with Gasteiger partial charge in [-0.05, 0) is 57.6 Å². The summed E-state index contributed by atoms with van der Waals surface area (Å²) in [4.78, 5) is 81.7. The first kappa shape index (κ1) is 37.9. The number of aromatic nitrogens is 1. The second-order valence-corrected chi connectivity index (χ2v) is 12.6. The highest BCUT2D eigenvalue weighted by molar-refractivity contribution is 5.97. The second-order valence-electron chi connectivity index (χ2n) is 12.6. The minimum atomic E-state index is -1.49. The van der Waals surface area contributed by atoms with Crippen LogP contribution in [0.2, 0.25) is 0 Å². The fourth-order valence-electron chi connectivity index (χ4n) is 5.55. The Labute approximate surface area is 278 Å². The minimum Gasteiger partial charge on any atom is -0.480 e. The zero-order valence-corrected chi connectivity index (χ0v) is 27.7. The van der Waals surface area contributed by atoms with Crippen molar-refractivity contribution in [3.05, 3.63) is 36.0 Å². The largest absolute Gasteiger partial charge is 0.480 e. The molecule has 0 saturated carbocycles. The number of aromatic amines is 1. The van der Waals surface area contributed by atoms with Crippen molar-refractivity contribution < 1.29 is 44.1 Å². The molecule has 1 saturated heterocycles. The quantitative estimate of drug-likeness (QED) is 0.106. The molecule has 16 nitrogen and oxygen atoms in total. The molecule has 1 fully saturated rings. The molecule has 8 atom stereocenters. The number of carbonyl (C=O) groups is 6. The Morgan fingerprint density at radius 3 is 2.06 bits per heavy atom.